The predicted octanol–water partition coefficient (Wildman–Crippen LogP) is 6.26. The van der Waals surface area contributed by atoms with Gasteiger partial charge in [0.25, 0.3) is 0 Å². The van der Waals surface area contributed by atoms with Crippen LogP contribution < -0.4 is 10.6 Å². The van der Waals surface area contributed by atoms with E-state index in [1.165, 1.54) is 0 Å². The van der Waals surface area contributed by atoms with Gasteiger partial charge in [0.2, 0.25) is 17.7 Å². The van der Waals surface area contributed by atoms with E-state index >= 15 is 0 Å². The molecule has 11 heteroatoms. The molecule has 208 valence electrons. The third-order valence-corrected chi connectivity index (χ3v) is 8.72. The van der Waals surface area contributed by atoms with Gasteiger partial charge in [-0.1, -0.05) is 12.5 Å². The molecule has 0 bridgehead atoms. The number of carbonyl (C=O) groups excluding carboxylic acids is 2. The van der Waals surface area contributed by atoms with Crippen LogP contribution in [0.2, 0.25) is 0 Å². The lowest BCUT2D eigenvalue weighted by atomic mass is 9.79. The topological polar surface area (TPSA) is 86.9 Å². The second kappa shape index (κ2) is 9.79. The monoisotopic (exact) mass is 540 g/mol. The summed E-state index contributed by atoms with van der Waals surface area (Å²) in [5.41, 5.74) is 2.05. The molecule has 1 aromatic heterocycles. The van der Waals surface area contributed by atoms with Crippen molar-refractivity contribution in [2.45, 2.75) is 95.3 Å². The Morgan fingerprint density at radius 2 is 1.84 bits per heavy atom. The zero-order chi connectivity index (χ0) is 27.3. The van der Waals surface area contributed by atoms with Crippen LogP contribution in [0.1, 0.15) is 94.6 Å². The smallest absolute Gasteiger partial charge is 0.350 e. The van der Waals surface area contributed by atoms with E-state index in [9.17, 15) is 31.5 Å². The molecule has 3 aliphatic carbocycles. The normalized spacial score (nSPS) is 24.0. The number of carbonyl (C=O) groups is 2. The highest BCUT2D eigenvalue weighted by Crippen LogP contribution is 2.65. The standard InChI is InChI=1S/C27H33F5N4O2/c1-15(33-21(37)7-12-27(30,31)32)17-3-4-19-20(13-17)35-23(34-19)22(16-5-10-26(28,29)11-6-16)36-24(38)18-14-25(18)8-2-9-25/h3-4,13,15-16,18,22H,2,5-12,14H2,1H3,(H,33,37)(H,34,35)(H,36,38)/t15-,18?,22+/m1/s1. The molecule has 3 atom stereocenters. The zero-order valence-electron chi connectivity index (χ0n) is 21.3. The number of hydrogen-bond donors (Lipinski definition) is 3. The maximum Gasteiger partial charge on any atom is 0.389 e. The molecule has 1 aromatic carbocycles. The fraction of sp³-hybridized carbons (Fsp3) is 0.667. The van der Waals surface area contributed by atoms with Crippen LogP contribution in [-0.2, 0) is 9.59 Å². The molecule has 0 radical (unpaired) electrons. The molecule has 1 spiro atoms. The molecule has 1 unspecified atom stereocenters. The van der Waals surface area contributed by atoms with Gasteiger partial charge in [-0.15, -0.1) is 0 Å². The van der Waals surface area contributed by atoms with Gasteiger partial charge >= 0.3 is 6.18 Å². The number of benzene rings is 1. The molecule has 2 amide bonds. The van der Waals surface area contributed by atoms with Crippen LogP contribution in [-0.4, -0.2) is 33.9 Å². The van der Waals surface area contributed by atoms with Crippen molar-refractivity contribution in [2.24, 2.45) is 17.3 Å². The first kappa shape index (κ1) is 26.9. The summed E-state index contributed by atoms with van der Waals surface area (Å²) in [5.74, 6) is -3.13. The first-order valence-electron chi connectivity index (χ1n) is 13.4. The summed E-state index contributed by atoms with van der Waals surface area (Å²) in [6.07, 6.45) is -2.00. The summed E-state index contributed by atoms with van der Waals surface area (Å²) < 4.78 is 65.0. The van der Waals surface area contributed by atoms with E-state index in [0.717, 1.165) is 25.7 Å². The predicted molar refractivity (Wildman–Crippen MR) is 130 cm³/mol. The van der Waals surface area contributed by atoms with Crippen molar-refractivity contribution in [3.63, 3.8) is 0 Å². The van der Waals surface area contributed by atoms with Crippen molar-refractivity contribution in [3.05, 3.63) is 29.6 Å². The average Bonchev–Trinajstić information content (AvgIpc) is 3.47. The van der Waals surface area contributed by atoms with Gasteiger partial charge in [0.1, 0.15) is 5.82 Å². The van der Waals surface area contributed by atoms with Crippen LogP contribution in [0.25, 0.3) is 11.0 Å². The number of aromatic nitrogens is 2. The summed E-state index contributed by atoms with van der Waals surface area (Å²) in [6.45, 7) is 1.68. The summed E-state index contributed by atoms with van der Waals surface area (Å²) in [4.78, 5) is 33.0. The Bertz CT molecular complexity index is 1200. The number of H-pyrrole nitrogens is 1. The van der Waals surface area contributed by atoms with E-state index in [2.05, 4.69) is 15.6 Å². The number of fused-ring (bicyclic) bond motifs is 1. The maximum absolute atomic E-state index is 13.9. The minimum atomic E-state index is -4.40. The van der Waals surface area contributed by atoms with Crippen LogP contribution in [0.3, 0.4) is 0 Å². The van der Waals surface area contributed by atoms with Gasteiger partial charge in [-0.25, -0.2) is 13.8 Å². The number of imidazole rings is 1. The van der Waals surface area contributed by atoms with Crippen molar-refractivity contribution in [1.82, 2.24) is 20.6 Å². The fourth-order valence-electron chi connectivity index (χ4n) is 6.07. The minimum Gasteiger partial charge on any atom is -0.350 e. The fourth-order valence-corrected chi connectivity index (χ4v) is 6.07. The van der Waals surface area contributed by atoms with Crippen LogP contribution in [0.4, 0.5) is 22.0 Å². The minimum absolute atomic E-state index is 0.0263. The van der Waals surface area contributed by atoms with Gasteiger partial charge in [-0.05, 0) is 68.1 Å². The number of amides is 2. The SMILES string of the molecule is C[C@@H](NC(=O)CCC(F)(F)F)c1ccc2[nH]c([C@@H](NC(=O)C3CC34CCC4)C3CCC(F)(F)CC3)nc2c1. The highest BCUT2D eigenvalue weighted by atomic mass is 19.4. The number of nitrogens with zero attached hydrogens (tertiary/aromatic N) is 1. The third kappa shape index (κ3) is 5.81. The van der Waals surface area contributed by atoms with Gasteiger partial charge in [-0.3, -0.25) is 9.59 Å². The summed E-state index contributed by atoms with van der Waals surface area (Å²) in [7, 11) is 0. The Hall–Kier alpha value is -2.72. The van der Waals surface area contributed by atoms with Crippen molar-refractivity contribution < 1.29 is 31.5 Å². The molecule has 2 aromatic rings. The second-order valence-electron chi connectivity index (χ2n) is 11.5. The zero-order valence-corrected chi connectivity index (χ0v) is 21.3. The van der Waals surface area contributed by atoms with Gasteiger partial charge < -0.3 is 15.6 Å². The lowest BCUT2D eigenvalue weighted by Gasteiger charge is -2.34. The molecule has 3 aliphatic rings. The van der Waals surface area contributed by atoms with Crippen LogP contribution in [0.15, 0.2) is 18.2 Å². The number of alkyl halides is 5. The lowest BCUT2D eigenvalue weighted by Crippen LogP contribution is -2.39. The number of aromatic amines is 1. The molecule has 3 fully saturated rings. The van der Waals surface area contributed by atoms with Gasteiger partial charge in [-0.2, -0.15) is 13.2 Å². The highest BCUT2D eigenvalue weighted by Gasteiger charge is 2.61. The summed E-state index contributed by atoms with van der Waals surface area (Å²) in [6, 6.07) is 4.19. The van der Waals surface area contributed by atoms with E-state index in [1.807, 2.05) is 0 Å². The van der Waals surface area contributed by atoms with Gasteiger partial charge in [0.15, 0.2) is 0 Å². The van der Waals surface area contributed by atoms with E-state index in [4.69, 9.17) is 4.98 Å². The van der Waals surface area contributed by atoms with Gasteiger partial charge in [0.05, 0.1) is 29.5 Å². The Morgan fingerprint density at radius 3 is 2.45 bits per heavy atom. The number of hydrogen-bond acceptors (Lipinski definition) is 3. The maximum atomic E-state index is 13.9. The molecule has 3 N–H and O–H groups in total. The molecule has 6 nitrogen and oxygen atoms in total. The molecule has 5 rings (SSSR count). The average molecular weight is 541 g/mol. The molecular formula is C27H33F5N4O2. The molecule has 38 heavy (non-hydrogen) atoms. The Labute approximate surface area is 217 Å². The Kier molecular flexibility index (Phi) is 6.92. The van der Waals surface area contributed by atoms with E-state index in [1.54, 1.807) is 25.1 Å². The van der Waals surface area contributed by atoms with Crippen molar-refractivity contribution in [1.29, 1.82) is 0 Å². The highest BCUT2D eigenvalue weighted by molar-refractivity contribution is 5.83. The molecule has 0 saturated heterocycles. The number of nitrogens with one attached hydrogen (secondary N) is 3. The van der Waals surface area contributed by atoms with Crippen LogP contribution >= 0.6 is 0 Å². The number of rotatable bonds is 8. The Morgan fingerprint density at radius 1 is 1.13 bits per heavy atom. The summed E-state index contributed by atoms with van der Waals surface area (Å²) >= 11 is 0. The van der Waals surface area contributed by atoms with Crippen molar-refractivity contribution in [3.8, 4) is 0 Å². The quantitative estimate of drug-likeness (QED) is 0.346. The Balaban J connectivity index is 1.32. The first-order chi connectivity index (χ1) is 17.8. The molecule has 0 aliphatic heterocycles. The van der Waals surface area contributed by atoms with Crippen molar-refractivity contribution in [2.75, 3.05) is 0 Å². The molecular weight excluding hydrogens is 507 g/mol. The molecule has 1 heterocycles. The van der Waals surface area contributed by atoms with Gasteiger partial charge in [0, 0.05) is 25.2 Å². The number of halogens is 5. The summed E-state index contributed by atoms with van der Waals surface area (Å²) in [5, 5.41) is 5.72. The third-order valence-electron chi connectivity index (χ3n) is 8.72. The van der Waals surface area contributed by atoms with E-state index in [-0.39, 0.29) is 48.8 Å². The van der Waals surface area contributed by atoms with E-state index < -0.39 is 42.9 Å². The van der Waals surface area contributed by atoms with Crippen LogP contribution in [0.5, 0.6) is 0 Å². The second-order valence-corrected chi connectivity index (χ2v) is 11.5. The lowest BCUT2D eigenvalue weighted by molar-refractivity contribution is -0.144. The first-order valence-corrected chi connectivity index (χ1v) is 13.4. The largest absolute Gasteiger partial charge is 0.389 e. The molecule has 3 saturated carbocycles. The van der Waals surface area contributed by atoms with Crippen LogP contribution in [0, 0.1) is 17.3 Å². The van der Waals surface area contributed by atoms with Crippen molar-refractivity contribution >= 4 is 22.8 Å². The van der Waals surface area contributed by atoms with E-state index in [0.29, 0.717) is 22.4 Å².